The van der Waals surface area contributed by atoms with Gasteiger partial charge >= 0.3 is 29.8 Å². The Morgan fingerprint density at radius 3 is 0.878 bits per heavy atom. The number of rotatable bonds is 30. The average molecular weight is 1230 g/mol. The lowest BCUT2D eigenvalue weighted by molar-refractivity contribution is -0.132. The number of carbonyl (C=O) groups excluding carboxylic acids is 6. The molecule has 0 aromatic heterocycles. The molecule has 0 aliphatic heterocycles. The lowest BCUT2D eigenvalue weighted by Crippen LogP contribution is -2.53. The molecule has 0 saturated heterocycles. The second-order valence-corrected chi connectivity index (χ2v) is 17.6. The molecular weight excluding hydrogens is 1180 g/mol. The standard InChI is InChI=1S/C55H46N18O17/c1-80-42-21-28(7-13-34(42)62-68-56)40(74)19-20-41(87-52(76)30-9-15-36(64-70-58)44(23-30)82-3)49(89-54(78)32-11-17-38(66-72-60)46(25-32)84-5)50(90-55(79)33-12-18-39(67-73-61)47(26-33)85-6)48(88-53(77)31-10-16-37(65-71-59)45(24-31)83-4)27-86-51(75)29-8-14-35(63-69-57)43(22-29)81-2/h7-18,21-26,41,48-50H,19-20,27H2,1-6H3/t41-,48-,49-,50-/m1/s1. The highest BCUT2D eigenvalue weighted by Crippen LogP contribution is 2.37. The van der Waals surface area contributed by atoms with Crippen molar-refractivity contribution in [1.82, 2.24) is 0 Å². The van der Waals surface area contributed by atoms with Gasteiger partial charge < -0.3 is 52.1 Å². The molecule has 0 fully saturated rings. The Labute approximate surface area is 506 Å². The minimum absolute atomic E-state index is 0.00769. The molecule has 90 heavy (non-hydrogen) atoms. The number of benzene rings is 6. The lowest BCUT2D eigenvalue weighted by atomic mass is 9.95. The Morgan fingerprint density at radius 2 is 0.589 bits per heavy atom. The SMILES string of the molecule is COc1cc(C(=O)CC[C@@H](OC(=O)c2ccc(N=[N+]=[N-])c(OC)c2)[C@@H](OC(=O)c2ccc(N=[N+]=[N-])c(OC)c2)[C@H](OC(=O)c2ccc(N=[N+]=[N-])c(OC)c2)[C@@H](COC(=O)c2ccc(N=[N+]=[N-])c(OC)c2)OC(=O)c2ccc(N=[N+]=[N-])c(OC)c2)ccc1N=[N+]=[N-]. The number of carbonyl (C=O) groups is 6. The topological polar surface area (TPSA) is 497 Å². The van der Waals surface area contributed by atoms with Crippen molar-refractivity contribution in [3.05, 3.63) is 205 Å². The first-order valence-electron chi connectivity index (χ1n) is 25.5. The number of ketones is 1. The van der Waals surface area contributed by atoms with Crippen LogP contribution in [-0.4, -0.2) is 109 Å². The number of esters is 5. The van der Waals surface area contributed by atoms with Gasteiger partial charge in [0.1, 0.15) is 47.2 Å². The van der Waals surface area contributed by atoms with Crippen LogP contribution in [0.1, 0.15) is 75.0 Å². The summed E-state index contributed by atoms with van der Waals surface area (Å²) in [5, 5.41) is 21.3. The second kappa shape index (κ2) is 32.3. The summed E-state index contributed by atoms with van der Waals surface area (Å²) < 4.78 is 62.9. The van der Waals surface area contributed by atoms with E-state index < -0.39 is 90.6 Å². The zero-order valence-corrected chi connectivity index (χ0v) is 47.8. The fourth-order valence-electron chi connectivity index (χ4n) is 8.31. The minimum atomic E-state index is -2.42. The van der Waals surface area contributed by atoms with Crippen LogP contribution in [0.5, 0.6) is 34.5 Å². The summed E-state index contributed by atoms with van der Waals surface area (Å²) in [7, 11) is 7.18. The van der Waals surface area contributed by atoms with Crippen LogP contribution in [0.25, 0.3) is 62.7 Å². The number of nitrogens with zero attached hydrogens (tertiary/aromatic N) is 18. The Morgan fingerprint density at radius 1 is 0.344 bits per heavy atom. The number of azide groups is 6. The summed E-state index contributed by atoms with van der Waals surface area (Å²) in [5.41, 5.74) is 53.1. The highest BCUT2D eigenvalue weighted by Gasteiger charge is 2.46. The van der Waals surface area contributed by atoms with Crippen molar-refractivity contribution in [3.63, 3.8) is 0 Å². The van der Waals surface area contributed by atoms with Gasteiger partial charge in [0, 0.05) is 41.5 Å². The third-order valence-electron chi connectivity index (χ3n) is 12.6. The molecule has 0 N–H and O–H groups in total. The summed E-state index contributed by atoms with van der Waals surface area (Å²) in [6, 6.07) is 20.8. The van der Waals surface area contributed by atoms with Gasteiger partial charge in [-0.1, -0.05) is 36.8 Å². The largest absolute Gasteiger partial charge is 0.496 e. The summed E-state index contributed by atoms with van der Waals surface area (Å²) in [6.45, 7) is -1.19. The van der Waals surface area contributed by atoms with Crippen molar-refractivity contribution < 1.29 is 80.9 Å². The Kier molecular flexibility index (Phi) is 23.8. The van der Waals surface area contributed by atoms with Crippen LogP contribution >= 0.6 is 0 Å². The molecule has 0 aliphatic carbocycles. The summed E-state index contributed by atoms with van der Waals surface area (Å²) >= 11 is 0. The van der Waals surface area contributed by atoms with Crippen molar-refractivity contribution in [1.29, 1.82) is 0 Å². The van der Waals surface area contributed by atoms with Crippen LogP contribution in [0.15, 0.2) is 140 Å². The molecule has 4 atom stereocenters. The maximum absolute atomic E-state index is 15.0. The van der Waals surface area contributed by atoms with Crippen molar-refractivity contribution in [2.75, 3.05) is 49.3 Å². The van der Waals surface area contributed by atoms with E-state index >= 15 is 9.59 Å². The van der Waals surface area contributed by atoms with Gasteiger partial charge in [-0.15, -0.1) is 0 Å². The molecule has 0 radical (unpaired) electrons. The molecule has 458 valence electrons. The van der Waals surface area contributed by atoms with E-state index in [2.05, 4.69) is 60.2 Å². The van der Waals surface area contributed by atoms with E-state index in [0.717, 1.165) is 60.7 Å². The summed E-state index contributed by atoms with van der Waals surface area (Å²) in [4.78, 5) is 105. The molecule has 35 heteroatoms. The second-order valence-electron chi connectivity index (χ2n) is 17.6. The smallest absolute Gasteiger partial charge is 0.338 e. The number of methoxy groups -OCH3 is 6. The molecule has 6 aromatic rings. The summed E-state index contributed by atoms with van der Waals surface area (Å²) in [6.07, 6.45) is -10.6. The maximum Gasteiger partial charge on any atom is 0.338 e. The molecule has 0 amide bonds. The van der Waals surface area contributed by atoms with E-state index in [9.17, 15) is 46.8 Å². The highest BCUT2D eigenvalue weighted by atomic mass is 16.6. The van der Waals surface area contributed by atoms with E-state index in [1.807, 2.05) is 0 Å². The first kappa shape index (κ1) is 66.1. The average Bonchev–Trinajstić information content (AvgIpc) is 1.02. The molecule has 0 saturated carbocycles. The van der Waals surface area contributed by atoms with Crippen molar-refractivity contribution in [2.45, 2.75) is 37.3 Å². The van der Waals surface area contributed by atoms with Crippen LogP contribution in [0.4, 0.5) is 34.1 Å². The van der Waals surface area contributed by atoms with Gasteiger partial charge in [0.25, 0.3) is 0 Å². The molecule has 0 heterocycles. The maximum atomic E-state index is 15.0. The minimum Gasteiger partial charge on any atom is -0.496 e. The predicted octanol–water partition coefficient (Wildman–Crippen LogP) is 14.1. The van der Waals surface area contributed by atoms with E-state index in [1.54, 1.807) is 0 Å². The monoisotopic (exact) mass is 1230 g/mol. The number of hydrogen-bond acceptors (Lipinski definition) is 23. The van der Waals surface area contributed by atoms with Gasteiger partial charge in [-0.3, -0.25) is 4.79 Å². The fraction of sp³-hybridized carbons (Fsp3) is 0.236. The van der Waals surface area contributed by atoms with Crippen LogP contribution in [0.2, 0.25) is 0 Å². The van der Waals surface area contributed by atoms with Gasteiger partial charge in [-0.2, -0.15) is 0 Å². The van der Waals surface area contributed by atoms with E-state index in [4.69, 9.17) is 57.6 Å². The molecular formula is C55H46N18O17. The zero-order valence-electron chi connectivity index (χ0n) is 47.8. The van der Waals surface area contributed by atoms with E-state index in [-0.39, 0.29) is 90.9 Å². The molecule has 0 unspecified atom stereocenters. The van der Waals surface area contributed by atoms with Crippen LogP contribution in [0.3, 0.4) is 0 Å². The third-order valence-corrected chi connectivity index (χ3v) is 12.6. The van der Waals surface area contributed by atoms with Gasteiger partial charge in [-0.25, -0.2) is 24.0 Å². The molecule has 0 spiro atoms. The third kappa shape index (κ3) is 16.7. The molecule has 6 aromatic carbocycles. The number of hydrogen-bond donors (Lipinski definition) is 0. The molecule has 35 nitrogen and oxygen atoms in total. The first-order chi connectivity index (χ1) is 43.5. The lowest BCUT2D eigenvalue weighted by Gasteiger charge is -2.36. The van der Waals surface area contributed by atoms with E-state index in [1.165, 1.54) is 91.2 Å². The highest BCUT2D eigenvalue weighted by molar-refractivity contribution is 5.97. The van der Waals surface area contributed by atoms with Crippen molar-refractivity contribution in [2.24, 2.45) is 30.7 Å². The Balaban J connectivity index is 1.67. The van der Waals surface area contributed by atoms with Gasteiger partial charge in [0.05, 0.1) is 105 Å². The molecule has 0 aliphatic rings. The first-order valence-corrected chi connectivity index (χ1v) is 25.5. The van der Waals surface area contributed by atoms with Crippen molar-refractivity contribution in [3.8, 4) is 34.5 Å². The van der Waals surface area contributed by atoms with Gasteiger partial charge in [-0.05, 0) is 143 Å². The Hall–Kier alpha value is -13.0. The van der Waals surface area contributed by atoms with Crippen LogP contribution in [0, 0.1) is 0 Å². The molecule has 0 bridgehead atoms. The predicted molar refractivity (Wildman–Crippen MR) is 311 cm³/mol. The summed E-state index contributed by atoms with van der Waals surface area (Å²) in [5.74, 6) is -8.14. The normalized spacial score (nSPS) is 11.4. The zero-order chi connectivity index (χ0) is 65.3. The van der Waals surface area contributed by atoms with Crippen molar-refractivity contribution >= 4 is 69.8 Å². The number of Topliss-reactive ketones (excluding diaryl/α,β-unsaturated/α-hetero) is 1. The van der Waals surface area contributed by atoms with E-state index in [0.29, 0.717) is 0 Å². The Bertz CT molecular complexity index is 3820. The quantitative estimate of drug-likeness (QED) is 0.0101. The van der Waals surface area contributed by atoms with Gasteiger partial charge in [0.15, 0.2) is 24.1 Å². The van der Waals surface area contributed by atoms with Crippen LogP contribution in [-0.2, 0) is 23.7 Å². The van der Waals surface area contributed by atoms with Crippen LogP contribution < -0.4 is 28.4 Å². The number of ether oxygens (including phenoxy) is 11. The molecule has 6 rings (SSSR count). The van der Waals surface area contributed by atoms with Gasteiger partial charge in [0.2, 0.25) is 0 Å². The fourth-order valence-corrected chi connectivity index (χ4v) is 8.31.